The Bertz CT molecular complexity index is 1350. The van der Waals surface area contributed by atoms with E-state index in [0.29, 0.717) is 19.4 Å². The summed E-state index contributed by atoms with van der Waals surface area (Å²) < 4.78 is 34.1. The summed E-state index contributed by atoms with van der Waals surface area (Å²) in [4.78, 5) is 13.0. The van der Waals surface area contributed by atoms with Crippen LogP contribution in [0.2, 0.25) is 0 Å². The number of unbranched alkanes of at least 4 members (excludes halogenated alkanes) is 11. The molecule has 2 heterocycles. The van der Waals surface area contributed by atoms with Crippen LogP contribution in [0.3, 0.4) is 0 Å². The number of carbonyl (C=O) groups is 1. The van der Waals surface area contributed by atoms with Crippen molar-refractivity contribution in [1.29, 1.82) is 0 Å². The monoisotopic (exact) mass is 923 g/mol. The Hall–Kier alpha value is -2.57. The van der Waals surface area contributed by atoms with Crippen molar-refractivity contribution in [1.82, 2.24) is 0 Å². The van der Waals surface area contributed by atoms with E-state index in [9.17, 15) is 40.5 Å². The predicted molar refractivity (Wildman–Crippen MR) is 252 cm³/mol. The van der Waals surface area contributed by atoms with Crippen LogP contribution in [0.15, 0.2) is 72.9 Å². The Labute approximate surface area is 389 Å². The molecule has 7 N–H and O–H groups in total. The van der Waals surface area contributed by atoms with Crippen molar-refractivity contribution >= 4 is 5.97 Å². The number of allylic oxidation sites excluding steroid dienone is 12. The lowest BCUT2D eigenvalue weighted by Crippen LogP contribution is -2.61. The average Bonchev–Trinajstić information content (AvgIpc) is 3.30. The number of aliphatic hydroxyl groups excluding tert-OH is 7. The Balaban J connectivity index is 1.83. The lowest BCUT2D eigenvalue weighted by molar-refractivity contribution is -0.332. The molecule has 0 spiro atoms. The summed E-state index contributed by atoms with van der Waals surface area (Å²) in [6.45, 7) is 3.44. The van der Waals surface area contributed by atoms with Crippen molar-refractivity contribution in [3.8, 4) is 0 Å². The summed E-state index contributed by atoms with van der Waals surface area (Å²) >= 11 is 0. The zero-order valence-corrected chi connectivity index (χ0v) is 39.4. The highest BCUT2D eigenvalue weighted by atomic mass is 16.7. The number of ether oxygens (including phenoxy) is 6. The minimum Gasteiger partial charge on any atom is -0.457 e. The van der Waals surface area contributed by atoms with Gasteiger partial charge in [0, 0.05) is 13.0 Å². The highest BCUT2D eigenvalue weighted by Gasteiger charge is 2.47. The normalized spacial score (nSPS) is 27.2. The maximum atomic E-state index is 13.0. The minimum atomic E-state index is -1.72. The summed E-state index contributed by atoms with van der Waals surface area (Å²) in [6.07, 6.45) is 29.7. The summed E-state index contributed by atoms with van der Waals surface area (Å²) in [5.74, 6) is -0.438. The third kappa shape index (κ3) is 26.5. The maximum Gasteiger partial charge on any atom is 0.306 e. The molecule has 374 valence electrons. The first kappa shape index (κ1) is 58.6. The van der Waals surface area contributed by atoms with Gasteiger partial charge in [-0.2, -0.15) is 0 Å². The molecule has 11 atom stereocenters. The molecule has 14 nitrogen and oxygen atoms in total. The van der Waals surface area contributed by atoms with Crippen LogP contribution in [0.25, 0.3) is 0 Å². The molecule has 0 aromatic rings. The first-order chi connectivity index (χ1) is 31.6. The highest BCUT2D eigenvalue weighted by Crippen LogP contribution is 2.26. The van der Waals surface area contributed by atoms with Gasteiger partial charge in [0.15, 0.2) is 12.6 Å². The molecule has 0 aromatic heterocycles. The third-order valence-corrected chi connectivity index (χ3v) is 11.2. The Morgan fingerprint density at radius 2 is 1.00 bits per heavy atom. The van der Waals surface area contributed by atoms with E-state index in [1.54, 1.807) is 0 Å². The molecule has 0 aromatic carbocycles. The zero-order chi connectivity index (χ0) is 47.3. The molecule has 2 fully saturated rings. The standard InChI is InChI=1S/C51H86O14/c1-3-5-7-9-11-13-15-17-19-20-21-22-24-26-28-30-32-34-43(53)63-40(37-60-35-33-31-29-27-25-23-18-16-14-12-10-8-6-4-2)38-61-50-49(59)47(57)45(55)42(65-50)39-62-51-48(58)46(56)44(54)41(36-52)64-51/h5,7,11,13-14,16-17,19,21-22,26,28,40-42,44-52,54-59H,3-4,6,8-10,12,15,18,20,23-25,27,29-39H2,1-2H3/b7-5-,13-11-,16-14-,19-17-,22-21-,28-26-. The van der Waals surface area contributed by atoms with Gasteiger partial charge in [-0.25, -0.2) is 0 Å². The van der Waals surface area contributed by atoms with Gasteiger partial charge in [-0.1, -0.05) is 132 Å². The van der Waals surface area contributed by atoms with E-state index in [-0.39, 0.29) is 19.6 Å². The van der Waals surface area contributed by atoms with E-state index in [0.717, 1.165) is 64.2 Å². The van der Waals surface area contributed by atoms with Crippen LogP contribution in [0, 0.1) is 0 Å². The largest absolute Gasteiger partial charge is 0.457 e. The number of hydrogen-bond donors (Lipinski definition) is 7. The molecular weight excluding hydrogens is 837 g/mol. The smallest absolute Gasteiger partial charge is 0.306 e. The molecule has 14 heteroatoms. The molecule has 2 rings (SSSR count). The Morgan fingerprint density at radius 3 is 1.58 bits per heavy atom. The fourth-order valence-electron chi connectivity index (χ4n) is 7.20. The maximum absolute atomic E-state index is 13.0. The summed E-state index contributed by atoms with van der Waals surface area (Å²) in [5.41, 5.74) is 0. The van der Waals surface area contributed by atoms with Gasteiger partial charge in [0.05, 0.1) is 26.4 Å². The van der Waals surface area contributed by atoms with Crippen molar-refractivity contribution < 1.29 is 69.0 Å². The van der Waals surface area contributed by atoms with E-state index in [2.05, 4.69) is 80.7 Å². The molecule has 2 aliphatic rings. The molecule has 2 aliphatic heterocycles. The van der Waals surface area contributed by atoms with Crippen LogP contribution in [-0.2, 0) is 33.2 Å². The fourth-order valence-corrected chi connectivity index (χ4v) is 7.20. The summed E-state index contributed by atoms with van der Waals surface area (Å²) in [6, 6.07) is 0. The number of hydrogen-bond acceptors (Lipinski definition) is 14. The third-order valence-electron chi connectivity index (χ3n) is 11.2. The first-order valence-electron chi connectivity index (χ1n) is 24.5. The van der Waals surface area contributed by atoms with Crippen molar-refractivity contribution in [3.63, 3.8) is 0 Å². The van der Waals surface area contributed by atoms with Gasteiger partial charge in [-0.15, -0.1) is 0 Å². The number of carbonyl (C=O) groups excluding carboxylic acids is 1. The minimum absolute atomic E-state index is 0.0307. The second-order valence-corrected chi connectivity index (χ2v) is 16.9. The van der Waals surface area contributed by atoms with E-state index in [1.807, 2.05) is 6.08 Å². The number of aliphatic hydroxyl groups is 7. The van der Waals surface area contributed by atoms with Crippen LogP contribution < -0.4 is 0 Å². The Morgan fingerprint density at radius 1 is 0.523 bits per heavy atom. The van der Waals surface area contributed by atoms with Gasteiger partial charge in [0.25, 0.3) is 0 Å². The van der Waals surface area contributed by atoms with Crippen molar-refractivity contribution in [3.05, 3.63) is 72.9 Å². The molecular formula is C51H86O14. The molecule has 0 amide bonds. The van der Waals surface area contributed by atoms with Crippen LogP contribution >= 0.6 is 0 Å². The molecule has 0 bridgehead atoms. The summed E-state index contributed by atoms with van der Waals surface area (Å²) in [7, 11) is 0. The van der Waals surface area contributed by atoms with Crippen LogP contribution in [0.5, 0.6) is 0 Å². The SMILES string of the molecule is CC/C=C\C/C=C\C/C=C\C/C=C\C/C=C\CCCC(=O)OC(COCCCCCCCC/C=C\CCCCCC)COC1OC(COC2OC(CO)C(O)C(O)C2O)C(O)C(O)C1O. The molecule has 0 radical (unpaired) electrons. The zero-order valence-electron chi connectivity index (χ0n) is 39.4. The van der Waals surface area contributed by atoms with Gasteiger partial charge < -0.3 is 64.2 Å². The number of esters is 1. The lowest BCUT2D eigenvalue weighted by Gasteiger charge is -2.42. The highest BCUT2D eigenvalue weighted by molar-refractivity contribution is 5.69. The molecule has 0 saturated carbocycles. The van der Waals surface area contributed by atoms with E-state index in [4.69, 9.17) is 28.4 Å². The number of rotatable bonds is 37. The molecule has 2 saturated heterocycles. The van der Waals surface area contributed by atoms with E-state index < -0.39 is 86.7 Å². The topological polar surface area (TPSA) is 214 Å². The fraction of sp³-hybridized carbons (Fsp3) is 0.745. The van der Waals surface area contributed by atoms with Crippen LogP contribution in [-0.4, -0.2) is 142 Å². The van der Waals surface area contributed by atoms with Crippen LogP contribution in [0.1, 0.15) is 142 Å². The van der Waals surface area contributed by atoms with Crippen molar-refractivity contribution in [2.45, 2.75) is 210 Å². The molecule has 0 aliphatic carbocycles. The van der Waals surface area contributed by atoms with Gasteiger partial charge >= 0.3 is 5.97 Å². The quantitative estimate of drug-likeness (QED) is 0.0196. The van der Waals surface area contributed by atoms with Gasteiger partial charge in [-0.05, 0) is 77.0 Å². The van der Waals surface area contributed by atoms with Gasteiger partial charge in [0.1, 0.15) is 54.9 Å². The van der Waals surface area contributed by atoms with Gasteiger partial charge in [0.2, 0.25) is 0 Å². The Kier molecular flexibility index (Phi) is 34.6. The van der Waals surface area contributed by atoms with Crippen LogP contribution in [0.4, 0.5) is 0 Å². The average molecular weight is 923 g/mol. The van der Waals surface area contributed by atoms with Crippen molar-refractivity contribution in [2.75, 3.05) is 33.0 Å². The van der Waals surface area contributed by atoms with E-state index >= 15 is 0 Å². The van der Waals surface area contributed by atoms with Crippen molar-refractivity contribution in [2.24, 2.45) is 0 Å². The molecule has 11 unspecified atom stereocenters. The summed E-state index contributed by atoms with van der Waals surface area (Å²) in [5, 5.41) is 72.0. The van der Waals surface area contributed by atoms with Gasteiger partial charge in [-0.3, -0.25) is 4.79 Å². The predicted octanol–water partition coefficient (Wildman–Crippen LogP) is 6.73. The second-order valence-electron chi connectivity index (χ2n) is 16.9. The molecule has 65 heavy (non-hydrogen) atoms. The first-order valence-corrected chi connectivity index (χ1v) is 24.5. The lowest BCUT2D eigenvalue weighted by atomic mass is 9.98. The van der Waals surface area contributed by atoms with E-state index in [1.165, 1.54) is 44.9 Å². The second kappa shape index (κ2) is 38.4.